The Morgan fingerprint density at radius 1 is 0.816 bits per heavy atom. The van der Waals surface area contributed by atoms with Gasteiger partial charge in [-0.1, -0.05) is 82.3 Å². The zero-order valence-electron chi connectivity index (χ0n) is 21.1. The van der Waals surface area contributed by atoms with Gasteiger partial charge in [-0.25, -0.2) is 4.98 Å². The van der Waals surface area contributed by atoms with E-state index >= 15 is 0 Å². The van der Waals surface area contributed by atoms with Crippen LogP contribution in [0.3, 0.4) is 0 Å². The zero-order valence-corrected chi connectivity index (χ0v) is 25.1. The quantitative estimate of drug-likeness (QED) is 0.183. The topological polar surface area (TPSA) is 81.4 Å². The van der Waals surface area contributed by atoms with E-state index in [9.17, 15) is 4.79 Å². The number of hydrogen-bond donors (Lipinski definition) is 1. The van der Waals surface area contributed by atoms with Gasteiger partial charge in [0.2, 0.25) is 0 Å². The minimum atomic E-state index is -0.129. The number of hydrogen-bond acceptors (Lipinski definition) is 4. The maximum atomic E-state index is 12.0. The van der Waals surface area contributed by atoms with E-state index in [1.165, 1.54) is 0 Å². The molecular formula is C28H27Br2ClN6O. The molecule has 38 heavy (non-hydrogen) atoms. The molecule has 0 saturated heterocycles. The minimum absolute atomic E-state index is 0.129. The Labute approximate surface area is 241 Å². The summed E-state index contributed by atoms with van der Waals surface area (Å²) >= 11 is 13.1. The molecule has 4 heterocycles. The number of fused-ring (bicyclic) bond motifs is 6. The van der Waals surface area contributed by atoms with Crippen LogP contribution >= 0.6 is 43.5 Å². The number of aryl methyl sites for hydroxylation is 2. The first kappa shape index (κ1) is 26.8. The Balaban J connectivity index is 0.000000155. The second kappa shape index (κ2) is 11.6. The number of unbranched alkanes of at least 4 members (excludes halogenated alkanes) is 2. The summed E-state index contributed by atoms with van der Waals surface area (Å²) in [5, 5.41) is 13.5. The maximum absolute atomic E-state index is 12.0. The summed E-state index contributed by atoms with van der Waals surface area (Å²) in [4.78, 5) is 19.3. The van der Waals surface area contributed by atoms with Gasteiger partial charge in [-0.15, -0.1) is 0 Å². The Kier molecular flexibility index (Phi) is 8.16. The Bertz CT molecular complexity index is 1820. The summed E-state index contributed by atoms with van der Waals surface area (Å²) in [5.74, 6) is 0. The fraction of sp³-hybridized carbons (Fsp3) is 0.286. The highest BCUT2D eigenvalue weighted by molar-refractivity contribution is 9.10. The van der Waals surface area contributed by atoms with Crippen molar-refractivity contribution >= 4 is 87.1 Å². The van der Waals surface area contributed by atoms with Crippen LogP contribution in [0.25, 0.3) is 43.6 Å². The number of pyridine rings is 2. The Morgan fingerprint density at radius 2 is 1.39 bits per heavy atom. The van der Waals surface area contributed by atoms with Gasteiger partial charge in [0.15, 0.2) is 10.7 Å². The lowest BCUT2D eigenvalue weighted by molar-refractivity contribution is 0.576. The molecule has 6 rings (SSSR count). The van der Waals surface area contributed by atoms with Crippen LogP contribution in [0, 0.1) is 0 Å². The molecule has 0 unspecified atom stereocenters. The monoisotopic (exact) mass is 656 g/mol. The van der Waals surface area contributed by atoms with Crippen molar-refractivity contribution in [1.82, 2.24) is 29.5 Å². The molecule has 0 aliphatic carbocycles. The second-order valence-corrected chi connectivity index (χ2v) is 11.4. The molecule has 196 valence electrons. The fourth-order valence-electron chi connectivity index (χ4n) is 4.45. The molecular weight excluding hydrogens is 632 g/mol. The van der Waals surface area contributed by atoms with Crippen molar-refractivity contribution in [2.24, 2.45) is 0 Å². The van der Waals surface area contributed by atoms with Gasteiger partial charge < -0.3 is 4.98 Å². The van der Waals surface area contributed by atoms with Crippen LogP contribution in [0.4, 0.5) is 0 Å². The Morgan fingerprint density at radius 3 is 2.05 bits per heavy atom. The second-order valence-electron chi connectivity index (χ2n) is 9.22. The maximum Gasteiger partial charge on any atom is 0.276 e. The van der Waals surface area contributed by atoms with Crippen LogP contribution in [0.5, 0.6) is 0 Å². The zero-order chi connectivity index (χ0) is 26.8. The minimum Gasteiger partial charge on any atom is -0.320 e. The van der Waals surface area contributed by atoms with E-state index < -0.39 is 0 Å². The standard InChI is InChI=1S/C14H13BrClN3.C14H14BrN3O/c1-2-3-6-19-8-11-10-5-4-9(15)7-12(10)17-14(16)13(11)18-19;1-2-3-6-18-8-11-10-5-4-9(15)7-12(10)16-14(19)13(11)17-18/h4-5,7-8H,2-3,6H2,1H3;4-5,7-8H,2-3,6H2,1H3,(H,16,19). The predicted octanol–water partition coefficient (Wildman–Crippen LogP) is 8.24. The van der Waals surface area contributed by atoms with Crippen molar-refractivity contribution in [1.29, 1.82) is 0 Å². The van der Waals surface area contributed by atoms with Crippen LogP contribution < -0.4 is 5.56 Å². The van der Waals surface area contributed by atoms with Gasteiger partial charge in [-0.3, -0.25) is 14.2 Å². The molecule has 0 fully saturated rings. The number of rotatable bonds is 6. The summed E-state index contributed by atoms with van der Waals surface area (Å²) in [7, 11) is 0. The van der Waals surface area contributed by atoms with Gasteiger partial charge in [0.25, 0.3) is 5.56 Å². The molecule has 6 aromatic rings. The molecule has 0 bridgehead atoms. The average molecular weight is 659 g/mol. The van der Waals surface area contributed by atoms with Gasteiger partial charge in [-0.2, -0.15) is 10.2 Å². The highest BCUT2D eigenvalue weighted by atomic mass is 79.9. The van der Waals surface area contributed by atoms with Crippen LogP contribution in [0.15, 0.2) is 62.5 Å². The molecule has 1 N–H and O–H groups in total. The van der Waals surface area contributed by atoms with E-state index in [1.54, 1.807) is 0 Å². The lowest BCUT2D eigenvalue weighted by Gasteiger charge is -2.00. The summed E-state index contributed by atoms with van der Waals surface area (Å²) in [6, 6.07) is 11.9. The number of benzene rings is 2. The first-order chi connectivity index (χ1) is 18.4. The smallest absolute Gasteiger partial charge is 0.276 e. The van der Waals surface area contributed by atoms with Crippen molar-refractivity contribution in [2.75, 3.05) is 0 Å². The predicted molar refractivity (Wildman–Crippen MR) is 163 cm³/mol. The summed E-state index contributed by atoms with van der Waals surface area (Å²) in [5.41, 5.74) is 2.90. The number of H-pyrrole nitrogens is 1. The van der Waals surface area contributed by atoms with Crippen LogP contribution in [0.1, 0.15) is 39.5 Å². The number of nitrogens with zero attached hydrogens (tertiary/aromatic N) is 5. The van der Waals surface area contributed by atoms with Gasteiger partial charge in [-0.05, 0) is 37.1 Å². The van der Waals surface area contributed by atoms with Crippen LogP contribution in [-0.4, -0.2) is 29.5 Å². The van der Waals surface area contributed by atoms with Crippen LogP contribution in [0.2, 0.25) is 5.15 Å². The number of nitrogens with one attached hydrogen (secondary N) is 1. The molecule has 7 nitrogen and oxygen atoms in total. The van der Waals surface area contributed by atoms with Crippen LogP contribution in [-0.2, 0) is 13.1 Å². The van der Waals surface area contributed by atoms with Gasteiger partial charge in [0.1, 0.15) is 5.52 Å². The highest BCUT2D eigenvalue weighted by Crippen LogP contribution is 2.30. The summed E-state index contributed by atoms with van der Waals surface area (Å²) in [6.07, 6.45) is 8.47. The molecule has 2 aromatic carbocycles. The average Bonchev–Trinajstić information content (AvgIpc) is 3.52. The molecule has 0 aliphatic heterocycles. The third-order valence-electron chi connectivity index (χ3n) is 6.40. The third-order valence-corrected chi connectivity index (χ3v) is 7.65. The first-order valence-corrected chi connectivity index (χ1v) is 14.6. The van der Waals surface area contributed by atoms with Crippen molar-refractivity contribution < 1.29 is 0 Å². The van der Waals surface area contributed by atoms with Gasteiger partial charge in [0, 0.05) is 56.0 Å². The SMILES string of the molecule is CCCCn1cc2c(n1)c(=O)[nH]c1cc(Br)ccc12.CCCCn1cc2c(n1)c(Cl)nc1cc(Br)ccc12. The van der Waals surface area contributed by atoms with E-state index in [0.717, 1.165) is 85.8 Å². The van der Waals surface area contributed by atoms with Crippen molar-refractivity contribution in [2.45, 2.75) is 52.6 Å². The van der Waals surface area contributed by atoms with Gasteiger partial charge in [0.05, 0.1) is 11.0 Å². The molecule has 0 amide bonds. The van der Waals surface area contributed by atoms with Crippen molar-refractivity contribution in [3.63, 3.8) is 0 Å². The summed E-state index contributed by atoms with van der Waals surface area (Å²) in [6.45, 7) is 6.08. The molecule has 0 radical (unpaired) electrons. The van der Waals surface area contributed by atoms with E-state index in [-0.39, 0.29) is 5.56 Å². The molecule has 4 aromatic heterocycles. The van der Waals surface area contributed by atoms with E-state index in [1.807, 2.05) is 45.9 Å². The Hall–Kier alpha value is -2.75. The highest BCUT2D eigenvalue weighted by Gasteiger charge is 2.12. The van der Waals surface area contributed by atoms with Crippen molar-refractivity contribution in [3.05, 3.63) is 73.2 Å². The third kappa shape index (κ3) is 5.51. The largest absolute Gasteiger partial charge is 0.320 e. The molecule has 10 heteroatoms. The lowest BCUT2D eigenvalue weighted by atomic mass is 10.1. The van der Waals surface area contributed by atoms with E-state index in [2.05, 4.69) is 78.1 Å². The first-order valence-electron chi connectivity index (χ1n) is 12.7. The molecule has 0 spiro atoms. The van der Waals surface area contributed by atoms with E-state index in [4.69, 9.17) is 11.6 Å². The molecule has 0 atom stereocenters. The lowest BCUT2D eigenvalue weighted by Crippen LogP contribution is -2.07. The van der Waals surface area contributed by atoms with E-state index in [0.29, 0.717) is 10.7 Å². The molecule has 0 saturated carbocycles. The van der Waals surface area contributed by atoms with Gasteiger partial charge >= 0.3 is 0 Å². The number of halogens is 3. The number of aromatic amines is 1. The summed E-state index contributed by atoms with van der Waals surface area (Å²) < 4.78 is 5.78. The van der Waals surface area contributed by atoms with Crippen molar-refractivity contribution in [3.8, 4) is 0 Å². The normalized spacial score (nSPS) is 11.5. The fourth-order valence-corrected chi connectivity index (χ4v) is 5.39. The molecule has 0 aliphatic rings. The number of aromatic nitrogens is 6.